The summed E-state index contributed by atoms with van der Waals surface area (Å²) in [5, 5.41) is 9.29. The van der Waals surface area contributed by atoms with Crippen molar-refractivity contribution in [1.82, 2.24) is 9.97 Å². The Kier molecular flexibility index (Phi) is 4.38. The van der Waals surface area contributed by atoms with E-state index >= 15 is 0 Å². The zero-order valence-corrected chi connectivity index (χ0v) is 12.4. The summed E-state index contributed by atoms with van der Waals surface area (Å²) < 4.78 is 32.7. The molecule has 0 aliphatic carbocycles. The van der Waals surface area contributed by atoms with Crippen LogP contribution in [0.25, 0.3) is 0 Å². The average molecular weight is 321 g/mol. The smallest absolute Gasteiger partial charge is 0.267 e. The van der Waals surface area contributed by atoms with Gasteiger partial charge < -0.3 is 14.7 Å². The van der Waals surface area contributed by atoms with E-state index in [0.717, 1.165) is 5.56 Å². The number of anilines is 1. The van der Waals surface area contributed by atoms with Gasteiger partial charge in [0.05, 0.1) is 19.2 Å². The van der Waals surface area contributed by atoms with E-state index in [0.29, 0.717) is 12.5 Å². The second-order valence-electron chi connectivity index (χ2n) is 5.49. The molecule has 2 aromatic rings. The Bertz CT molecular complexity index is 655. The summed E-state index contributed by atoms with van der Waals surface area (Å²) in [6.07, 6.45) is 1.06. The maximum Gasteiger partial charge on any atom is 0.267 e. The number of aliphatic hydroxyl groups is 1. The van der Waals surface area contributed by atoms with Crippen LogP contribution >= 0.6 is 0 Å². The van der Waals surface area contributed by atoms with Crippen LogP contribution in [-0.4, -0.2) is 40.2 Å². The van der Waals surface area contributed by atoms with Gasteiger partial charge in [-0.2, -0.15) is 4.98 Å². The molecular weight excluding hydrogens is 304 g/mol. The first-order valence-corrected chi connectivity index (χ1v) is 7.32. The maximum absolute atomic E-state index is 13.5. The Hall–Kier alpha value is -2.28. The van der Waals surface area contributed by atoms with Gasteiger partial charge in [0.15, 0.2) is 0 Å². The Morgan fingerprint density at radius 2 is 2.04 bits per heavy atom. The van der Waals surface area contributed by atoms with Gasteiger partial charge in [-0.3, -0.25) is 0 Å². The first-order valence-electron chi connectivity index (χ1n) is 7.32. The molecule has 23 heavy (non-hydrogen) atoms. The minimum Gasteiger partial charge on any atom is -0.473 e. The minimum atomic E-state index is -2.85. The molecule has 7 heteroatoms. The fourth-order valence-electron chi connectivity index (χ4n) is 2.58. The molecule has 3 rings (SSSR count). The van der Waals surface area contributed by atoms with Gasteiger partial charge in [-0.25, -0.2) is 13.8 Å². The van der Waals surface area contributed by atoms with Crippen LogP contribution in [0.1, 0.15) is 12.0 Å². The zero-order chi connectivity index (χ0) is 16.3. The molecule has 2 heterocycles. The third-order valence-electron chi connectivity index (χ3n) is 3.69. The number of hydrogen-bond acceptors (Lipinski definition) is 5. The summed E-state index contributed by atoms with van der Waals surface area (Å²) in [5.41, 5.74) is 0.980. The van der Waals surface area contributed by atoms with Crippen LogP contribution < -0.4 is 9.64 Å². The predicted molar refractivity (Wildman–Crippen MR) is 80.6 cm³/mol. The van der Waals surface area contributed by atoms with Crippen LogP contribution in [0.2, 0.25) is 0 Å². The molecule has 1 saturated heterocycles. The number of alkyl halides is 2. The van der Waals surface area contributed by atoms with Crippen molar-refractivity contribution >= 4 is 5.95 Å². The molecule has 0 saturated carbocycles. The molecule has 0 bridgehead atoms. The summed E-state index contributed by atoms with van der Waals surface area (Å²) in [7, 11) is 0. The monoisotopic (exact) mass is 321 g/mol. The van der Waals surface area contributed by atoms with Gasteiger partial charge in [-0.05, 0) is 5.56 Å². The molecule has 1 fully saturated rings. The van der Waals surface area contributed by atoms with Gasteiger partial charge >= 0.3 is 0 Å². The van der Waals surface area contributed by atoms with Gasteiger partial charge in [0, 0.05) is 18.7 Å². The van der Waals surface area contributed by atoms with Crippen LogP contribution in [-0.2, 0) is 6.61 Å². The Labute approximate surface area is 132 Å². The number of halogens is 2. The molecule has 1 N–H and O–H groups in total. The van der Waals surface area contributed by atoms with E-state index in [1.54, 1.807) is 6.07 Å². The van der Waals surface area contributed by atoms with Crippen molar-refractivity contribution in [1.29, 1.82) is 0 Å². The predicted octanol–water partition coefficient (Wildman–Crippen LogP) is 2.26. The quantitative estimate of drug-likeness (QED) is 0.915. The van der Waals surface area contributed by atoms with E-state index in [1.807, 2.05) is 30.3 Å². The van der Waals surface area contributed by atoms with Crippen LogP contribution in [0.5, 0.6) is 5.88 Å². The van der Waals surface area contributed by atoms with Crippen LogP contribution in [0.3, 0.4) is 0 Å². The van der Waals surface area contributed by atoms with Crippen molar-refractivity contribution in [2.24, 2.45) is 0 Å². The second-order valence-corrected chi connectivity index (χ2v) is 5.49. The van der Waals surface area contributed by atoms with Gasteiger partial charge in [0.2, 0.25) is 11.8 Å². The maximum atomic E-state index is 13.5. The summed E-state index contributed by atoms with van der Waals surface area (Å²) in [6.45, 7) is -0.536. The lowest BCUT2D eigenvalue weighted by Gasteiger charge is -2.22. The molecule has 0 spiro atoms. The molecule has 1 aliphatic rings. The van der Waals surface area contributed by atoms with E-state index in [9.17, 15) is 13.9 Å². The van der Waals surface area contributed by atoms with Gasteiger partial charge in [0.1, 0.15) is 6.61 Å². The van der Waals surface area contributed by atoms with E-state index in [1.165, 1.54) is 11.1 Å². The number of hydrogen-bond donors (Lipinski definition) is 1. The van der Waals surface area contributed by atoms with Crippen molar-refractivity contribution in [2.45, 2.75) is 25.0 Å². The molecule has 122 valence electrons. The van der Waals surface area contributed by atoms with E-state index in [2.05, 4.69) is 9.97 Å². The highest BCUT2D eigenvalue weighted by Gasteiger charge is 2.45. The SMILES string of the molecule is OCC1CC(F)(F)CN1c1nccc(OCc2ccccc2)n1. The standard InChI is InChI=1S/C16H17F2N3O2/c17-16(18)8-13(9-22)21(11-16)15-19-7-6-14(20-15)23-10-12-4-2-1-3-5-12/h1-7,13,22H,8-11H2. The summed E-state index contributed by atoms with van der Waals surface area (Å²) in [5.74, 6) is -2.39. The summed E-state index contributed by atoms with van der Waals surface area (Å²) in [6, 6.07) is 10.5. The zero-order valence-electron chi connectivity index (χ0n) is 12.4. The topological polar surface area (TPSA) is 58.5 Å². The largest absolute Gasteiger partial charge is 0.473 e. The van der Waals surface area contributed by atoms with Gasteiger partial charge in [-0.15, -0.1) is 0 Å². The molecule has 1 atom stereocenters. The second kappa shape index (κ2) is 6.45. The minimum absolute atomic E-state index is 0.145. The third kappa shape index (κ3) is 3.73. The molecule has 1 aliphatic heterocycles. The Morgan fingerprint density at radius 3 is 2.78 bits per heavy atom. The van der Waals surface area contributed by atoms with E-state index < -0.39 is 24.9 Å². The molecule has 1 aromatic carbocycles. The molecule has 0 amide bonds. The van der Waals surface area contributed by atoms with E-state index in [4.69, 9.17) is 4.74 Å². The highest BCUT2D eigenvalue weighted by atomic mass is 19.3. The van der Waals surface area contributed by atoms with Crippen LogP contribution in [0.15, 0.2) is 42.6 Å². The Balaban J connectivity index is 1.72. The fourth-order valence-corrected chi connectivity index (χ4v) is 2.58. The van der Waals surface area contributed by atoms with Crippen molar-refractivity contribution in [2.75, 3.05) is 18.1 Å². The molecule has 1 unspecified atom stereocenters. The van der Waals surface area contributed by atoms with Crippen LogP contribution in [0.4, 0.5) is 14.7 Å². The van der Waals surface area contributed by atoms with Crippen molar-refractivity contribution in [3.63, 3.8) is 0 Å². The first-order chi connectivity index (χ1) is 11.1. The lowest BCUT2D eigenvalue weighted by molar-refractivity contribution is 0.0200. The average Bonchev–Trinajstić information content (AvgIpc) is 2.89. The Morgan fingerprint density at radius 1 is 1.26 bits per heavy atom. The summed E-state index contributed by atoms with van der Waals surface area (Å²) in [4.78, 5) is 9.54. The normalized spacial score (nSPS) is 19.8. The van der Waals surface area contributed by atoms with Gasteiger partial charge in [-0.1, -0.05) is 30.3 Å². The van der Waals surface area contributed by atoms with Gasteiger partial charge in [0.25, 0.3) is 5.92 Å². The highest BCUT2D eigenvalue weighted by Crippen LogP contribution is 2.34. The van der Waals surface area contributed by atoms with Crippen molar-refractivity contribution in [3.8, 4) is 5.88 Å². The highest BCUT2D eigenvalue weighted by molar-refractivity contribution is 5.37. The molecule has 0 radical (unpaired) electrons. The lowest BCUT2D eigenvalue weighted by atomic mass is 10.2. The lowest BCUT2D eigenvalue weighted by Crippen LogP contribution is -2.34. The molecule has 1 aromatic heterocycles. The van der Waals surface area contributed by atoms with Crippen molar-refractivity contribution < 1.29 is 18.6 Å². The molecule has 5 nitrogen and oxygen atoms in total. The molecular formula is C16H17F2N3O2. The fraction of sp³-hybridized carbons (Fsp3) is 0.375. The third-order valence-corrected chi connectivity index (χ3v) is 3.69. The number of rotatable bonds is 5. The number of aliphatic hydroxyl groups excluding tert-OH is 1. The number of nitrogens with zero attached hydrogens (tertiary/aromatic N) is 3. The van der Waals surface area contributed by atoms with Crippen LogP contribution in [0, 0.1) is 0 Å². The van der Waals surface area contributed by atoms with E-state index in [-0.39, 0.29) is 12.6 Å². The number of ether oxygens (including phenoxy) is 1. The van der Waals surface area contributed by atoms with Crippen molar-refractivity contribution in [3.05, 3.63) is 48.2 Å². The number of benzene rings is 1. The summed E-state index contributed by atoms with van der Waals surface area (Å²) >= 11 is 0. The first kappa shape index (κ1) is 15.6. The number of aromatic nitrogens is 2.